The molecule has 0 aliphatic heterocycles. The standard InChI is InChI=1S/C11H16OSi/c1-11(2,3)8-9-6-4-5-7-10(9)13-12/h4-7,12H,8H2,1-3H3. The molecule has 0 aromatic heterocycles. The molecule has 0 aliphatic carbocycles. The van der Waals surface area contributed by atoms with E-state index in [0.29, 0.717) is 0 Å². The van der Waals surface area contributed by atoms with Crippen LogP contribution in [0.5, 0.6) is 0 Å². The van der Waals surface area contributed by atoms with E-state index in [2.05, 4.69) is 26.8 Å². The van der Waals surface area contributed by atoms with E-state index in [1.165, 1.54) is 5.56 Å². The zero-order valence-corrected chi connectivity index (χ0v) is 9.46. The average molecular weight is 192 g/mol. The smallest absolute Gasteiger partial charge is 0.265 e. The Hall–Kier alpha value is -0.603. The molecule has 1 rings (SSSR count). The number of hydrogen-bond acceptors (Lipinski definition) is 1. The molecule has 0 fully saturated rings. The van der Waals surface area contributed by atoms with Gasteiger partial charge in [-0.3, -0.25) is 0 Å². The Balaban J connectivity index is 2.87. The van der Waals surface area contributed by atoms with Crippen molar-refractivity contribution in [1.29, 1.82) is 0 Å². The molecule has 0 unspecified atom stereocenters. The summed E-state index contributed by atoms with van der Waals surface area (Å²) in [5.41, 5.74) is 1.56. The Kier molecular flexibility index (Phi) is 3.28. The number of benzene rings is 1. The van der Waals surface area contributed by atoms with Crippen molar-refractivity contribution in [3.63, 3.8) is 0 Å². The van der Waals surface area contributed by atoms with Gasteiger partial charge in [-0.25, -0.2) is 0 Å². The van der Waals surface area contributed by atoms with Gasteiger partial charge in [0, 0.05) is 0 Å². The SMILES string of the molecule is CC(C)(C)Cc1ccccc1[Si]O. The van der Waals surface area contributed by atoms with Gasteiger partial charge in [-0.2, -0.15) is 0 Å². The molecule has 0 amide bonds. The molecule has 0 saturated heterocycles. The molecule has 1 aromatic rings. The summed E-state index contributed by atoms with van der Waals surface area (Å²) >= 11 is 0. The normalized spacial score (nSPS) is 11.7. The zero-order chi connectivity index (χ0) is 9.90. The molecule has 13 heavy (non-hydrogen) atoms. The van der Waals surface area contributed by atoms with Gasteiger partial charge >= 0.3 is 0 Å². The second kappa shape index (κ2) is 4.07. The summed E-state index contributed by atoms with van der Waals surface area (Å²) in [6, 6.07) is 8.11. The Morgan fingerprint density at radius 2 is 1.85 bits per heavy atom. The minimum atomic E-state index is -0.0852. The van der Waals surface area contributed by atoms with Gasteiger partial charge in [0.25, 0.3) is 9.76 Å². The Labute approximate surface area is 82.7 Å². The molecule has 1 aromatic carbocycles. The summed E-state index contributed by atoms with van der Waals surface area (Å²) < 4.78 is 0. The van der Waals surface area contributed by atoms with Crippen molar-refractivity contribution in [2.75, 3.05) is 0 Å². The third kappa shape index (κ3) is 3.33. The molecule has 0 aliphatic rings. The van der Waals surface area contributed by atoms with Crippen molar-refractivity contribution in [2.24, 2.45) is 5.41 Å². The molecule has 0 saturated carbocycles. The van der Waals surface area contributed by atoms with Gasteiger partial charge in [-0.05, 0) is 22.6 Å². The maximum absolute atomic E-state index is 9.14. The zero-order valence-electron chi connectivity index (χ0n) is 8.46. The number of rotatable bonds is 2. The fourth-order valence-corrected chi connectivity index (χ4v) is 1.84. The van der Waals surface area contributed by atoms with Gasteiger partial charge in [0.2, 0.25) is 0 Å². The first-order chi connectivity index (χ1) is 6.03. The van der Waals surface area contributed by atoms with Crippen LogP contribution in [0.25, 0.3) is 0 Å². The lowest BCUT2D eigenvalue weighted by atomic mass is 9.88. The van der Waals surface area contributed by atoms with Crippen LogP contribution in [-0.2, 0) is 6.42 Å². The Morgan fingerprint density at radius 1 is 1.23 bits per heavy atom. The minimum Gasteiger partial charge on any atom is -0.428 e. The molecule has 1 N–H and O–H groups in total. The number of hydrogen-bond donors (Lipinski definition) is 1. The van der Waals surface area contributed by atoms with Crippen molar-refractivity contribution in [1.82, 2.24) is 0 Å². The second-order valence-electron chi connectivity index (χ2n) is 4.51. The van der Waals surface area contributed by atoms with E-state index < -0.39 is 0 Å². The van der Waals surface area contributed by atoms with E-state index in [0.717, 1.165) is 11.6 Å². The highest BCUT2D eigenvalue weighted by atomic mass is 28.2. The fourth-order valence-electron chi connectivity index (χ4n) is 1.35. The highest BCUT2D eigenvalue weighted by Crippen LogP contribution is 2.18. The van der Waals surface area contributed by atoms with Crippen LogP contribution in [0.4, 0.5) is 0 Å². The largest absolute Gasteiger partial charge is 0.428 e. The van der Waals surface area contributed by atoms with E-state index in [-0.39, 0.29) is 15.2 Å². The molecule has 2 heteroatoms. The lowest BCUT2D eigenvalue weighted by Gasteiger charge is -2.19. The molecular weight excluding hydrogens is 176 g/mol. The summed E-state index contributed by atoms with van der Waals surface area (Å²) in [6.07, 6.45) is 1.02. The summed E-state index contributed by atoms with van der Waals surface area (Å²) in [6.45, 7) is 6.64. The van der Waals surface area contributed by atoms with Crippen molar-refractivity contribution >= 4 is 14.9 Å². The first kappa shape index (κ1) is 10.5. The fraction of sp³-hybridized carbons (Fsp3) is 0.455. The van der Waals surface area contributed by atoms with Gasteiger partial charge < -0.3 is 4.80 Å². The van der Waals surface area contributed by atoms with Crippen LogP contribution in [0, 0.1) is 5.41 Å². The predicted octanol–water partition coefficient (Wildman–Crippen LogP) is 1.51. The third-order valence-corrected chi connectivity index (χ3v) is 2.59. The summed E-state index contributed by atoms with van der Waals surface area (Å²) in [5.74, 6) is 0. The quantitative estimate of drug-likeness (QED) is 0.704. The van der Waals surface area contributed by atoms with E-state index in [1.54, 1.807) is 0 Å². The first-order valence-electron chi connectivity index (χ1n) is 4.51. The van der Waals surface area contributed by atoms with Crippen molar-refractivity contribution in [3.05, 3.63) is 29.8 Å². The lowest BCUT2D eigenvalue weighted by Crippen LogP contribution is -2.22. The lowest BCUT2D eigenvalue weighted by molar-refractivity contribution is 0.412. The van der Waals surface area contributed by atoms with Gasteiger partial charge in [-0.15, -0.1) is 0 Å². The molecule has 0 heterocycles. The van der Waals surface area contributed by atoms with Crippen molar-refractivity contribution < 1.29 is 4.80 Å². The van der Waals surface area contributed by atoms with E-state index in [1.807, 2.05) is 18.2 Å². The Bertz CT molecular complexity index is 276. The molecule has 0 atom stereocenters. The van der Waals surface area contributed by atoms with Crippen molar-refractivity contribution in [2.45, 2.75) is 27.2 Å². The average Bonchev–Trinajstić information content (AvgIpc) is 2.02. The molecule has 0 spiro atoms. The molecule has 0 bridgehead atoms. The van der Waals surface area contributed by atoms with Gasteiger partial charge in [0.05, 0.1) is 0 Å². The maximum atomic E-state index is 9.14. The predicted molar refractivity (Wildman–Crippen MR) is 57.2 cm³/mol. The van der Waals surface area contributed by atoms with Gasteiger partial charge in [-0.1, -0.05) is 45.0 Å². The van der Waals surface area contributed by atoms with Crippen LogP contribution in [0.1, 0.15) is 26.3 Å². The Morgan fingerprint density at radius 3 is 2.38 bits per heavy atom. The summed E-state index contributed by atoms with van der Waals surface area (Å²) in [4.78, 5) is 9.14. The van der Waals surface area contributed by atoms with Crippen LogP contribution in [0.3, 0.4) is 0 Å². The topological polar surface area (TPSA) is 20.2 Å². The molecule has 70 valence electrons. The van der Waals surface area contributed by atoms with E-state index in [4.69, 9.17) is 4.80 Å². The van der Waals surface area contributed by atoms with Crippen LogP contribution in [-0.4, -0.2) is 14.6 Å². The summed E-state index contributed by atoms with van der Waals surface area (Å²) in [5, 5.41) is 1.08. The van der Waals surface area contributed by atoms with Gasteiger partial charge in [0.15, 0.2) is 0 Å². The van der Waals surface area contributed by atoms with Crippen LogP contribution in [0.2, 0.25) is 0 Å². The van der Waals surface area contributed by atoms with Crippen LogP contribution >= 0.6 is 0 Å². The van der Waals surface area contributed by atoms with Gasteiger partial charge in [0.1, 0.15) is 0 Å². The maximum Gasteiger partial charge on any atom is 0.265 e. The molecule has 1 nitrogen and oxygen atoms in total. The highest BCUT2D eigenvalue weighted by molar-refractivity contribution is 6.46. The molecular formula is C11H16OSi. The van der Waals surface area contributed by atoms with E-state index >= 15 is 0 Å². The monoisotopic (exact) mass is 192 g/mol. The third-order valence-electron chi connectivity index (χ3n) is 1.86. The second-order valence-corrected chi connectivity index (χ2v) is 5.27. The molecule has 2 radical (unpaired) electrons. The first-order valence-corrected chi connectivity index (χ1v) is 5.46. The van der Waals surface area contributed by atoms with Crippen molar-refractivity contribution in [3.8, 4) is 0 Å². The van der Waals surface area contributed by atoms with Crippen LogP contribution < -0.4 is 5.19 Å². The van der Waals surface area contributed by atoms with Crippen LogP contribution in [0.15, 0.2) is 24.3 Å². The highest BCUT2D eigenvalue weighted by Gasteiger charge is 2.13. The van der Waals surface area contributed by atoms with E-state index in [9.17, 15) is 0 Å². The minimum absolute atomic E-state index is 0.0852. The summed E-state index contributed by atoms with van der Waals surface area (Å²) in [7, 11) is -0.0852.